The maximum Gasteiger partial charge on any atom is 0.221 e. The van der Waals surface area contributed by atoms with Crippen LogP contribution < -0.4 is 0 Å². The fraction of sp³-hybridized carbons (Fsp3) is 0.500. The van der Waals surface area contributed by atoms with Gasteiger partial charge in [0.15, 0.2) is 0 Å². The molecule has 1 amide bonds. The zero-order chi connectivity index (χ0) is 9.90. The molecule has 1 aliphatic heterocycles. The van der Waals surface area contributed by atoms with Gasteiger partial charge >= 0.3 is 0 Å². The number of amides is 1. The number of morpholine rings is 1. The predicted molar refractivity (Wildman–Crippen MR) is 50.0 cm³/mol. The molecule has 0 bridgehead atoms. The normalized spacial score (nSPS) is 27.8. The van der Waals surface area contributed by atoms with E-state index in [-0.39, 0.29) is 5.91 Å². The summed E-state index contributed by atoms with van der Waals surface area (Å²) >= 11 is 0. The first-order valence-corrected chi connectivity index (χ1v) is 4.13. The van der Waals surface area contributed by atoms with Crippen LogP contribution in [0.4, 0.5) is 0 Å². The number of ether oxygens (including phenoxy) is 1. The molecule has 70 valence electrons. The summed E-state index contributed by atoms with van der Waals surface area (Å²) in [6.45, 7) is 6.56. The van der Waals surface area contributed by atoms with Crippen LogP contribution in [0.5, 0.6) is 0 Å². The lowest BCUT2D eigenvalue weighted by Crippen LogP contribution is -2.56. The van der Waals surface area contributed by atoms with Crippen LogP contribution in [0.1, 0.15) is 6.92 Å². The number of carbonyl (C=O) groups is 1. The van der Waals surface area contributed by atoms with Crippen molar-refractivity contribution in [3.8, 4) is 12.3 Å². The summed E-state index contributed by atoms with van der Waals surface area (Å²) in [6, 6.07) is 0. The lowest BCUT2D eigenvalue weighted by atomic mass is 9.98. The van der Waals surface area contributed by atoms with E-state index in [1.807, 2.05) is 0 Å². The maximum atomic E-state index is 11.3. The van der Waals surface area contributed by atoms with Crippen LogP contribution >= 0.6 is 0 Å². The van der Waals surface area contributed by atoms with Gasteiger partial charge in [0.25, 0.3) is 0 Å². The first-order chi connectivity index (χ1) is 6.16. The molecule has 0 aromatic rings. The van der Waals surface area contributed by atoms with E-state index >= 15 is 0 Å². The van der Waals surface area contributed by atoms with Crippen molar-refractivity contribution in [2.75, 3.05) is 19.8 Å². The molecule has 1 atom stereocenters. The van der Waals surface area contributed by atoms with Crippen LogP contribution in [0, 0.1) is 12.3 Å². The van der Waals surface area contributed by atoms with E-state index < -0.39 is 5.54 Å². The number of carbonyl (C=O) groups excluding carboxylic acids is 1. The molecule has 0 spiro atoms. The quantitative estimate of drug-likeness (QED) is 0.431. The van der Waals surface area contributed by atoms with Gasteiger partial charge in [-0.15, -0.1) is 6.42 Å². The van der Waals surface area contributed by atoms with Crippen molar-refractivity contribution in [1.82, 2.24) is 4.90 Å². The number of hydrogen-bond donors (Lipinski definition) is 0. The van der Waals surface area contributed by atoms with Crippen molar-refractivity contribution >= 4 is 5.91 Å². The van der Waals surface area contributed by atoms with Gasteiger partial charge in [-0.25, -0.2) is 0 Å². The van der Waals surface area contributed by atoms with Crippen molar-refractivity contribution < 1.29 is 9.53 Å². The zero-order valence-corrected chi connectivity index (χ0v) is 7.75. The van der Waals surface area contributed by atoms with E-state index in [4.69, 9.17) is 11.2 Å². The van der Waals surface area contributed by atoms with Crippen molar-refractivity contribution in [2.45, 2.75) is 12.5 Å². The first kappa shape index (κ1) is 9.82. The van der Waals surface area contributed by atoms with Gasteiger partial charge in [-0.1, -0.05) is 18.6 Å². The molecule has 1 saturated heterocycles. The third-order valence-corrected chi connectivity index (χ3v) is 2.23. The molecule has 1 rings (SSSR count). The molecule has 1 unspecified atom stereocenters. The second-order valence-electron chi connectivity index (χ2n) is 3.00. The lowest BCUT2D eigenvalue weighted by Gasteiger charge is -2.40. The molecule has 0 aromatic carbocycles. The van der Waals surface area contributed by atoms with Crippen molar-refractivity contribution in [2.24, 2.45) is 0 Å². The molecule has 0 N–H and O–H groups in total. The SMILES string of the molecule is C#CC1(C=C)COCCN1C(C)=O. The molecule has 0 radical (unpaired) electrons. The van der Waals surface area contributed by atoms with Gasteiger partial charge in [0.1, 0.15) is 5.54 Å². The summed E-state index contributed by atoms with van der Waals surface area (Å²) in [4.78, 5) is 12.9. The van der Waals surface area contributed by atoms with E-state index in [0.717, 1.165) is 0 Å². The molecule has 0 aromatic heterocycles. The van der Waals surface area contributed by atoms with Crippen molar-refractivity contribution in [3.63, 3.8) is 0 Å². The van der Waals surface area contributed by atoms with Crippen LogP contribution in [0.25, 0.3) is 0 Å². The van der Waals surface area contributed by atoms with Gasteiger partial charge in [-0.3, -0.25) is 4.79 Å². The molecule has 1 heterocycles. The molecule has 3 heteroatoms. The summed E-state index contributed by atoms with van der Waals surface area (Å²) in [6.07, 6.45) is 6.97. The Morgan fingerprint density at radius 2 is 2.54 bits per heavy atom. The highest BCUT2D eigenvalue weighted by Crippen LogP contribution is 2.20. The Bertz CT molecular complexity index is 267. The Hall–Kier alpha value is -1.27. The van der Waals surface area contributed by atoms with Crippen molar-refractivity contribution in [1.29, 1.82) is 0 Å². The fourth-order valence-electron chi connectivity index (χ4n) is 1.45. The number of hydrogen-bond acceptors (Lipinski definition) is 2. The average Bonchev–Trinajstić information content (AvgIpc) is 2.17. The molecular weight excluding hydrogens is 166 g/mol. The molecule has 1 aliphatic rings. The van der Waals surface area contributed by atoms with E-state index in [1.54, 1.807) is 11.0 Å². The Morgan fingerprint density at radius 1 is 1.85 bits per heavy atom. The van der Waals surface area contributed by atoms with E-state index in [1.165, 1.54) is 6.92 Å². The highest BCUT2D eigenvalue weighted by Gasteiger charge is 2.36. The largest absolute Gasteiger partial charge is 0.376 e. The van der Waals surface area contributed by atoms with Crippen LogP contribution in [-0.4, -0.2) is 36.1 Å². The smallest absolute Gasteiger partial charge is 0.221 e. The summed E-state index contributed by atoms with van der Waals surface area (Å²) < 4.78 is 5.24. The van der Waals surface area contributed by atoms with E-state index in [9.17, 15) is 4.79 Å². The molecule has 0 saturated carbocycles. The first-order valence-electron chi connectivity index (χ1n) is 4.13. The van der Waals surface area contributed by atoms with E-state index in [2.05, 4.69) is 12.5 Å². The minimum atomic E-state index is -0.746. The fourth-order valence-corrected chi connectivity index (χ4v) is 1.45. The Labute approximate surface area is 78.4 Å². The molecule has 3 nitrogen and oxygen atoms in total. The van der Waals surface area contributed by atoms with Crippen LogP contribution in [0.3, 0.4) is 0 Å². The monoisotopic (exact) mass is 179 g/mol. The van der Waals surface area contributed by atoms with Gasteiger partial charge in [0, 0.05) is 13.5 Å². The molecule has 0 aliphatic carbocycles. The second-order valence-corrected chi connectivity index (χ2v) is 3.00. The van der Waals surface area contributed by atoms with Gasteiger partial charge in [0.05, 0.1) is 13.2 Å². The minimum absolute atomic E-state index is 0.0406. The second kappa shape index (κ2) is 3.63. The topological polar surface area (TPSA) is 29.5 Å². The summed E-state index contributed by atoms with van der Waals surface area (Å²) in [5.74, 6) is 2.52. The zero-order valence-electron chi connectivity index (χ0n) is 7.75. The van der Waals surface area contributed by atoms with Gasteiger partial charge in [0.2, 0.25) is 5.91 Å². The summed E-state index contributed by atoms with van der Waals surface area (Å²) in [5, 5.41) is 0. The Kier molecular flexibility index (Phi) is 2.74. The molecule has 1 fully saturated rings. The van der Waals surface area contributed by atoms with Crippen LogP contribution in [-0.2, 0) is 9.53 Å². The van der Waals surface area contributed by atoms with E-state index in [0.29, 0.717) is 19.8 Å². The Balaban J connectivity index is 2.96. The summed E-state index contributed by atoms with van der Waals surface area (Å²) in [5.41, 5.74) is -0.746. The highest BCUT2D eigenvalue weighted by molar-refractivity contribution is 5.75. The third-order valence-electron chi connectivity index (χ3n) is 2.23. The van der Waals surface area contributed by atoms with Gasteiger partial charge < -0.3 is 9.64 Å². The number of rotatable bonds is 1. The molecular formula is C10H13NO2. The third kappa shape index (κ3) is 1.58. The highest BCUT2D eigenvalue weighted by atomic mass is 16.5. The van der Waals surface area contributed by atoms with Gasteiger partial charge in [-0.2, -0.15) is 0 Å². The van der Waals surface area contributed by atoms with Crippen LogP contribution in [0.15, 0.2) is 12.7 Å². The average molecular weight is 179 g/mol. The standard InChI is InChI=1S/C10H13NO2/c1-4-10(5-2)8-13-7-6-11(10)9(3)12/h1,5H,2,6-8H2,3H3. The minimum Gasteiger partial charge on any atom is -0.376 e. The lowest BCUT2D eigenvalue weighted by molar-refractivity contribution is -0.139. The summed E-state index contributed by atoms with van der Waals surface area (Å²) in [7, 11) is 0. The predicted octanol–water partition coefficient (Wildman–Crippen LogP) is 0.423. The Morgan fingerprint density at radius 3 is 2.92 bits per heavy atom. The molecule has 13 heavy (non-hydrogen) atoms. The van der Waals surface area contributed by atoms with Crippen molar-refractivity contribution in [3.05, 3.63) is 12.7 Å². The maximum absolute atomic E-state index is 11.3. The van der Waals surface area contributed by atoms with Gasteiger partial charge in [-0.05, 0) is 0 Å². The number of terminal acetylenes is 1. The number of nitrogens with zero attached hydrogens (tertiary/aromatic N) is 1. The van der Waals surface area contributed by atoms with Crippen LogP contribution in [0.2, 0.25) is 0 Å².